The fourth-order valence-electron chi connectivity index (χ4n) is 2.33. The van der Waals surface area contributed by atoms with Gasteiger partial charge in [0.1, 0.15) is 0 Å². The standard InChI is InChI=1S/C18Br14O2/c19-1-3(21)9(27)15(10(28)4(1)22)33-17-13(31)7(25)8(26)14(32)18(17)34-16-11(29)5(23)2(20)6(24)12(16)30. The van der Waals surface area contributed by atoms with Crippen LogP contribution in [0.25, 0.3) is 0 Å². The molecule has 0 saturated heterocycles. The number of rotatable bonds is 4. The summed E-state index contributed by atoms with van der Waals surface area (Å²) in [7, 11) is 0. The first-order chi connectivity index (χ1) is 15.7. The summed E-state index contributed by atoms with van der Waals surface area (Å²) in [4.78, 5) is 0. The molecule has 0 aliphatic rings. The second-order valence-corrected chi connectivity index (χ2v) is 17.0. The SMILES string of the molecule is Brc1c(Br)c(Br)c(Oc2c(Br)c(Br)c(Br)c(Br)c2Oc2c(Br)c(Br)c(Br)c(Br)c2Br)c(Br)c1Br. The normalized spacial score (nSPS) is 11.2. The Balaban J connectivity index is 2.32. The van der Waals surface area contributed by atoms with Crippen LogP contribution in [0.2, 0.25) is 0 Å². The van der Waals surface area contributed by atoms with Gasteiger partial charge in [-0.05, 0) is 223 Å². The molecule has 3 aromatic carbocycles. The summed E-state index contributed by atoms with van der Waals surface area (Å²) in [5.74, 6) is 1.87. The molecule has 3 rings (SSSR count). The smallest absolute Gasteiger partial charge is 0.186 e. The van der Waals surface area contributed by atoms with Crippen LogP contribution in [0.15, 0.2) is 62.6 Å². The number of halogens is 14. The van der Waals surface area contributed by atoms with Gasteiger partial charge in [-0.2, -0.15) is 0 Å². The molecule has 0 amide bonds. The lowest BCUT2D eigenvalue weighted by Crippen LogP contribution is -1.98. The molecule has 0 aromatic heterocycles. The van der Waals surface area contributed by atoms with Crippen molar-refractivity contribution < 1.29 is 9.47 Å². The van der Waals surface area contributed by atoms with Gasteiger partial charge in [-0.25, -0.2) is 0 Å². The molecule has 0 heterocycles. The van der Waals surface area contributed by atoms with E-state index in [0.717, 1.165) is 35.8 Å². The van der Waals surface area contributed by atoms with E-state index in [9.17, 15) is 0 Å². The Morgan fingerprint density at radius 2 is 0.353 bits per heavy atom. The van der Waals surface area contributed by atoms with E-state index in [1.54, 1.807) is 0 Å². The van der Waals surface area contributed by atoms with E-state index < -0.39 is 0 Å². The molecule has 0 aliphatic heterocycles. The van der Waals surface area contributed by atoms with Gasteiger partial charge >= 0.3 is 0 Å². The van der Waals surface area contributed by atoms with Gasteiger partial charge in [0.2, 0.25) is 0 Å². The van der Waals surface area contributed by atoms with Crippen molar-refractivity contribution in [3.05, 3.63) is 62.6 Å². The average Bonchev–Trinajstić information content (AvgIpc) is 2.82. The van der Waals surface area contributed by atoms with E-state index in [1.165, 1.54) is 0 Å². The highest BCUT2D eigenvalue weighted by molar-refractivity contribution is 9.17. The summed E-state index contributed by atoms with van der Waals surface area (Å²) >= 11 is 50.4. The van der Waals surface area contributed by atoms with Crippen LogP contribution < -0.4 is 9.47 Å². The van der Waals surface area contributed by atoms with Gasteiger partial charge in [0.15, 0.2) is 23.0 Å². The minimum absolute atomic E-state index is 0.415. The molecule has 0 unspecified atom stereocenters. The third-order valence-electron chi connectivity index (χ3n) is 3.93. The molecule has 3 aromatic rings. The Morgan fingerprint density at radius 3 is 0.559 bits per heavy atom. The minimum atomic E-state index is 0.415. The first kappa shape index (κ1) is 32.5. The lowest BCUT2D eigenvalue weighted by atomic mass is 10.3. The van der Waals surface area contributed by atoms with Crippen molar-refractivity contribution >= 4 is 223 Å². The topological polar surface area (TPSA) is 18.5 Å². The largest absolute Gasteiger partial charge is 0.450 e. The first-order valence-electron chi connectivity index (χ1n) is 7.96. The maximum absolute atomic E-state index is 6.48. The van der Waals surface area contributed by atoms with E-state index in [1.807, 2.05) is 0 Å². The van der Waals surface area contributed by atoms with Crippen LogP contribution in [0.5, 0.6) is 23.0 Å². The van der Waals surface area contributed by atoms with E-state index >= 15 is 0 Å². The highest BCUT2D eigenvalue weighted by atomic mass is 79.9. The molecule has 0 atom stereocenters. The van der Waals surface area contributed by atoms with Crippen molar-refractivity contribution in [1.82, 2.24) is 0 Å². The maximum Gasteiger partial charge on any atom is 0.186 e. The fraction of sp³-hybridized carbons (Fsp3) is 0. The predicted octanol–water partition coefficient (Wildman–Crippen LogP) is 15.9. The quantitative estimate of drug-likeness (QED) is 0.191. The zero-order valence-electron chi connectivity index (χ0n) is 15.1. The van der Waals surface area contributed by atoms with Crippen LogP contribution in [-0.4, -0.2) is 0 Å². The molecule has 16 heteroatoms. The lowest BCUT2D eigenvalue weighted by molar-refractivity contribution is 0.407. The van der Waals surface area contributed by atoms with Crippen molar-refractivity contribution in [3.63, 3.8) is 0 Å². The van der Waals surface area contributed by atoms with Gasteiger partial charge in [0.05, 0.1) is 53.7 Å². The number of hydrogen-bond acceptors (Lipinski definition) is 2. The molecule has 0 bridgehead atoms. The maximum atomic E-state index is 6.48. The zero-order chi connectivity index (χ0) is 25.8. The van der Waals surface area contributed by atoms with Gasteiger partial charge in [0, 0.05) is 8.95 Å². The molecule has 2 nitrogen and oxygen atoms in total. The zero-order valence-corrected chi connectivity index (χ0v) is 37.3. The van der Waals surface area contributed by atoms with Crippen LogP contribution in [0.3, 0.4) is 0 Å². The number of ether oxygens (including phenoxy) is 2. The second kappa shape index (κ2) is 13.3. The summed E-state index contributed by atoms with van der Waals surface area (Å²) < 4.78 is 23.2. The van der Waals surface area contributed by atoms with E-state index in [-0.39, 0.29) is 0 Å². The van der Waals surface area contributed by atoms with E-state index in [4.69, 9.17) is 9.47 Å². The molecule has 182 valence electrons. The molecule has 0 N–H and O–H groups in total. The van der Waals surface area contributed by atoms with Crippen molar-refractivity contribution in [3.8, 4) is 23.0 Å². The van der Waals surface area contributed by atoms with Crippen LogP contribution in [-0.2, 0) is 0 Å². The van der Waals surface area contributed by atoms with Crippen molar-refractivity contribution in [2.24, 2.45) is 0 Å². The molecule has 0 fully saturated rings. The second-order valence-electron chi connectivity index (χ2n) is 5.92. The first-order valence-corrected chi connectivity index (χ1v) is 19.1. The Kier molecular flexibility index (Phi) is 12.7. The summed E-state index contributed by atoms with van der Waals surface area (Å²) in [5.41, 5.74) is 0. The average molecular weight is 1370 g/mol. The Hall–Kier alpha value is 3.98. The minimum Gasteiger partial charge on any atom is -0.450 e. The Morgan fingerprint density at radius 1 is 0.206 bits per heavy atom. The summed E-state index contributed by atoms with van der Waals surface area (Å²) in [5, 5.41) is 0. The van der Waals surface area contributed by atoms with E-state index in [2.05, 4.69) is 223 Å². The molecule has 0 saturated carbocycles. The Bertz CT molecular complexity index is 1190. The third-order valence-corrected chi connectivity index (χ3v) is 20.7. The summed E-state index contributed by atoms with van der Waals surface area (Å²) in [6, 6.07) is 0. The third kappa shape index (κ3) is 6.24. The molecule has 0 aliphatic carbocycles. The van der Waals surface area contributed by atoms with Gasteiger partial charge in [-0.15, -0.1) is 0 Å². The van der Waals surface area contributed by atoms with Gasteiger partial charge in [-0.3, -0.25) is 0 Å². The molecular formula is C18Br14O2. The van der Waals surface area contributed by atoms with Crippen molar-refractivity contribution in [1.29, 1.82) is 0 Å². The predicted molar refractivity (Wildman–Crippen MR) is 187 cm³/mol. The highest BCUT2D eigenvalue weighted by Gasteiger charge is 2.29. The summed E-state index contributed by atoms with van der Waals surface area (Å²) in [6.07, 6.45) is 0. The van der Waals surface area contributed by atoms with Gasteiger partial charge in [0.25, 0.3) is 0 Å². The van der Waals surface area contributed by atoms with Gasteiger partial charge in [-0.1, -0.05) is 0 Å². The molecule has 34 heavy (non-hydrogen) atoms. The van der Waals surface area contributed by atoms with Crippen LogP contribution >= 0.6 is 223 Å². The van der Waals surface area contributed by atoms with Crippen molar-refractivity contribution in [2.75, 3.05) is 0 Å². The lowest BCUT2D eigenvalue weighted by Gasteiger charge is -2.22. The Labute approximate surface area is 312 Å². The summed E-state index contributed by atoms with van der Waals surface area (Å²) in [6.45, 7) is 0. The van der Waals surface area contributed by atoms with Gasteiger partial charge < -0.3 is 9.47 Å². The van der Waals surface area contributed by atoms with Crippen LogP contribution in [0.1, 0.15) is 0 Å². The molecular weight excluding hydrogens is 1370 g/mol. The highest BCUT2D eigenvalue weighted by Crippen LogP contribution is 2.58. The number of benzene rings is 3. The molecule has 0 radical (unpaired) electrons. The molecule has 0 spiro atoms. The van der Waals surface area contributed by atoms with Crippen LogP contribution in [0, 0.1) is 0 Å². The van der Waals surface area contributed by atoms with Crippen LogP contribution in [0.4, 0.5) is 0 Å². The van der Waals surface area contributed by atoms with E-state index in [0.29, 0.717) is 49.8 Å². The van der Waals surface area contributed by atoms with Crippen molar-refractivity contribution in [2.45, 2.75) is 0 Å². The fourth-order valence-corrected chi connectivity index (χ4v) is 10.9. The monoisotopic (exact) mass is 1350 g/mol. The number of hydrogen-bond donors (Lipinski definition) is 0.